The van der Waals surface area contributed by atoms with Gasteiger partial charge in [0, 0.05) is 10.0 Å². The van der Waals surface area contributed by atoms with E-state index in [1.54, 1.807) is 13.0 Å². The van der Waals surface area contributed by atoms with Gasteiger partial charge in [-0.1, -0.05) is 15.9 Å². The quantitative estimate of drug-likeness (QED) is 0.912. The number of nitrogens with two attached hydrogens (primary N) is 1. The van der Waals surface area contributed by atoms with Crippen molar-refractivity contribution in [3.63, 3.8) is 0 Å². The highest BCUT2D eigenvalue weighted by molar-refractivity contribution is 9.10. The highest BCUT2D eigenvalue weighted by atomic mass is 79.9. The third kappa shape index (κ3) is 4.37. The summed E-state index contributed by atoms with van der Waals surface area (Å²) in [5, 5.41) is 0. The van der Waals surface area contributed by atoms with Crippen molar-refractivity contribution in [1.29, 1.82) is 0 Å². The fourth-order valence-corrected chi connectivity index (χ4v) is 1.60. The predicted molar refractivity (Wildman–Crippen MR) is 65.5 cm³/mol. The highest BCUT2D eigenvalue weighted by Gasteiger charge is 2.39. The molecule has 0 fully saturated rings. The average molecular weight is 335 g/mol. The minimum absolute atomic E-state index is 0. The zero-order valence-electron chi connectivity index (χ0n) is 8.92. The van der Waals surface area contributed by atoms with Gasteiger partial charge in [-0.2, -0.15) is 13.2 Å². The van der Waals surface area contributed by atoms with E-state index in [1.165, 1.54) is 12.1 Å². The van der Waals surface area contributed by atoms with Crippen LogP contribution >= 0.6 is 28.3 Å². The van der Waals surface area contributed by atoms with Gasteiger partial charge in [0.1, 0.15) is 11.8 Å². The van der Waals surface area contributed by atoms with Crippen LogP contribution in [0, 0.1) is 0 Å². The third-order valence-electron chi connectivity index (χ3n) is 1.96. The van der Waals surface area contributed by atoms with Gasteiger partial charge in [-0.05, 0) is 25.1 Å². The van der Waals surface area contributed by atoms with Crippen LogP contribution in [0.3, 0.4) is 0 Å². The van der Waals surface area contributed by atoms with E-state index >= 15 is 0 Å². The minimum atomic E-state index is -4.48. The summed E-state index contributed by atoms with van der Waals surface area (Å²) in [4.78, 5) is 0. The maximum atomic E-state index is 12.5. The zero-order valence-corrected chi connectivity index (χ0v) is 11.3. The summed E-state index contributed by atoms with van der Waals surface area (Å²) >= 11 is 3.10. The summed E-state index contributed by atoms with van der Waals surface area (Å²) in [6.07, 6.45) is -4.48. The van der Waals surface area contributed by atoms with E-state index in [-0.39, 0.29) is 23.7 Å². The molecule has 0 heterocycles. The number of hydrogen-bond donors (Lipinski definition) is 1. The molecule has 17 heavy (non-hydrogen) atoms. The Hall–Kier alpha value is -0.460. The van der Waals surface area contributed by atoms with Gasteiger partial charge < -0.3 is 10.5 Å². The van der Waals surface area contributed by atoms with Crippen LogP contribution in [0.5, 0.6) is 5.75 Å². The fraction of sp³-hybridized carbons (Fsp3) is 0.400. The Kier molecular flexibility index (Phi) is 6.29. The van der Waals surface area contributed by atoms with Crippen LogP contribution < -0.4 is 10.5 Å². The molecule has 0 radical (unpaired) electrons. The van der Waals surface area contributed by atoms with Crippen LogP contribution in [-0.4, -0.2) is 12.8 Å². The van der Waals surface area contributed by atoms with Gasteiger partial charge in [0.05, 0.1) is 6.61 Å². The van der Waals surface area contributed by atoms with Gasteiger partial charge in [-0.3, -0.25) is 0 Å². The van der Waals surface area contributed by atoms with E-state index in [0.29, 0.717) is 11.1 Å². The lowest BCUT2D eigenvalue weighted by molar-refractivity contribution is -0.149. The number of hydrogen-bond acceptors (Lipinski definition) is 2. The average Bonchev–Trinajstić information content (AvgIpc) is 2.18. The molecule has 7 heteroatoms. The van der Waals surface area contributed by atoms with Crippen molar-refractivity contribution in [3.8, 4) is 5.75 Å². The number of benzene rings is 1. The predicted octanol–water partition coefficient (Wildman–Crippen LogP) is 3.83. The van der Waals surface area contributed by atoms with Gasteiger partial charge in [-0.15, -0.1) is 12.4 Å². The highest BCUT2D eigenvalue weighted by Crippen LogP contribution is 2.36. The number of ether oxygens (including phenoxy) is 1. The first-order chi connectivity index (χ1) is 7.36. The molecule has 0 bridgehead atoms. The molecule has 98 valence electrons. The normalized spacial score (nSPS) is 12.8. The monoisotopic (exact) mass is 333 g/mol. The summed E-state index contributed by atoms with van der Waals surface area (Å²) in [5.41, 5.74) is 5.08. The number of alkyl halides is 3. The topological polar surface area (TPSA) is 35.2 Å². The Balaban J connectivity index is 0.00000256. The Morgan fingerprint density at radius 3 is 2.47 bits per heavy atom. The van der Waals surface area contributed by atoms with Crippen LogP contribution in [0.15, 0.2) is 22.7 Å². The van der Waals surface area contributed by atoms with E-state index in [0.717, 1.165) is 0 Å². The van der Waals surface area contributed by atoms with Crippen LogP contribution in [-0.2, 0) is 0 Å². The lowest BCUT2D eigenvalue weighted by atomic mass is 10.1. The Labute approximate surface area is 112 Å². The Morgan fingerprint density at radius 1 is 1.41 bits per heavy atom. The number of halogens is 5. The molecule has 2 nitrogen and oxygen atoms in total. The van der Waals surface area contributed by atoms with Crippen molar-refractivity contribution < 1.29 is 17.9 Å². The summed E-state index contributed by atoms with van der Waals surface area (Å²) in [7, 11) is 0. The van der Waals surface area contributed by atoms with Crippen molar-refractivity contribution in [2.75, 3.05) is 6.61 Å². The number of rotatable bonds is 3. The largest absolute Gasteiger partial charge is 0.494 e. The molecule has 0 amide bonds. The third-order valence-corrected chi connectivity index (χ3v) is 2.45. The van der Waals surface area contributed by atoms with Crippen LogP contribution in [0.1, 0.15) is 18.5 Å². The van der Waals surface area contributed by atoms with E-state index in [2.05, 4.69) is 15.9 Å². The second kappa shape index (κ2) is 6.47. The molecule has 0 unspecified atom stereocenters. The van der Waals surface area contributed by atoms with Gasteiger partial charge in [0.15, 0.2) is 0 Å². The molecular weight excluding hydrogens is 322 g/mol. The van der Waals surface area contributed by atoms with Gasteiger partial charge >= 0.3 is 6.18 Å². The first kappa shape index (κ1) is 16.5. The lowest BCUT2D eigenvalue weighted by Gasteiger charge is -2.19. The van der Waals surface area contributed by atoms with Crippen molar-refractivity contribution in [2.45, 2.75) is 19.1 Å². The molecule has 1 aromatic carbocycles. The molecule has 0 aliphatic rings. The van der Waals surface area contributed by atoms with Gasteiger partial charge in [0.25, 0.3) is 0 Å². The zero-order chi connectivity index (χ0) is 12.3. The fourth-order valence-electron chi connectivity index (χ4n) is 1.23. The SMILES string of the molecule is CCOc1ccc(Br)cc1[C@@H](N)C(F)(F)F.Cl. The molecule has 1 aromatic rings. The summed E-state index contributed by atoms with van der Waals surface area (Å²) in [6.45, 7) is 1.99. The van der Waals surface area contributed by atoms with E-state index in [9.17, 15) is 13.2 Å². The first-order valence-corrected chi connectivity index (χ1v) is 5.40. The molecule has 0 saturated carbocycles. The van der Waals surface area contributed by atoms with Gasteiger partial charge in [0.2, 0.25) is 0 Å². The van der Waals surface area contributed by atoms with E-state index in [1.807, 2.05) is 0 Å². The van der Waals surface area contributed by atoms with Crippen LogP contribution in [0.2, 0.25) is 0 Å². The summed E-state index contributed by atoms with van der Waals surface area (Å²) in [6, 6.07) is 2.36. The van der Waals surface area contributed by atoms with Crippen molar-refractivity contribution in [1.82, 2.24) is 0 Å². The Bertz CT molecular complexity index is 373. The molecule has 0 saturated heterocycles. The minimum Gasteiger partial charge on any atom is -0.494 e. The van der Waals surface area contributed by atoms with E-state index in [4.69, 9.17) is 10.5 Å². The molecular formula is C10H12BrClF3NO. The molecule has 2 N–H and O–H groups in total. The van der Waals surface area contributed by atoms with Crippen molar-refractivity contribution in [2.24, 2.45) is 5.73 Å². The maximum Gasteiger partial charge on any atom is 0.407 e. The summed E-state index contributed by atoms with van der Waals surface area (Å²) in [5.74, 6) is 0.163. The maximum absolute atomic E-state index is 12.5. The van der Waals surface area contributed by atoms with Gasteiger partial charge in [-0.25, -0.2) is 0 Å². The molecule has 0 aromatic heterocycles. The first-order valence-electron chi connectivity index (χ1n) is 4.60. The summed E-state index contributed by atoms with van der Waals surface area (Å²) < 4.78 is 43.1. The molecule has 0 spiro atoms. The van der Waals surface area contributed by atoms with Crippen LogP contribution in [0.25, 0.3) is 0 Å². The lowest BCUT2D eigenvalue weighted by Crippen LogP contribution is -2.29. The molecule has 1 atom stereocenters. The smallest absolute Gasteiger partial charge is 0.407 e. The van der Waals surface area contributed by atoms with Crippen molar-refractivity contribution in [3.05, 3.63) is 28.2 Å². The standard InChI is InChI=1S/C10H11BrF3NO.ClH/c1-2-16-8-4-3-6(11)5-7(8)9(15)10(12,13)14;/h3-5,9H,2,15H2,1H3;1H/t9-;/m1./s1. The molecule has 0 aliphatic carbocycles. The second-order valence-electron chi connectivity index (χ2n) is 3.13. The molecule has 1 rings (SSSR count). The second-order valence-corrected chi connectivity index (χ2v) is 4.05. The van der Waals surface area contributed by atoms with E-state index < -0.39 is 12.2 Å². The Morgan fingerprint density at radius 2 is 2.00 bits per heavy atom. The molecule has 0 aliphatic heterocycles. The van der Waals surface area contributed by atoms with Crippen LogP contribution in [0.4, 0.5) is 13.2 Å². The van der Waals surface area contributed by atoms with Crippen molar-refractivity contribution >= 4 is 28.3 Å².